The second-order valence-corrected chi connectivity index (χ2v) is 6.44. The molecule has 9 heteroatoms. The zero-order valence-electron chi connectivity index (χ0n) is 15.4. The minimum Gasteiger partial charge on any atom is -0.406 e. The van der Waals surface area contributed by atoms with Crippen LogP contribution in [0.1, 0.15) is 21.7 Å². The van der Waals surface area contributed by atoms with E-state index < -0.39 is 18.0 Å². The minimum absolute atomic E-state index is 0.0280. The van der Waals surface area contributed by atoms with E-state index in [9.17, 15) is 18.0 Å². The standard InChI is InChI=1S/C21H15F3N4O2/c22-21(23,24)30-17-8-4-7-15(12-17)20(29)25-16-9-10-19-26-18(27-28(19)13-16)11-14-5-2-1-3-6-14/h1-10,12-13H,11H2,(H,25,29). The highest BCUT2D eigenvalue weighted by molar-refractivity contribution is 6.04. The topological polar surface area (TPSA) is 68.5 Å². The van der Waals surface area contributed by atoms with Gasteiger partial charge in [-0.2, -0.15) is 5.10 Å². The quantitative estimate of drug-likeness (QED) is 0.525. The molecule has 6 nitrogen and oxygen atoms in total. The molecule has 2 aromatic carbocycles. The lowest BCUT2D eigenvalue weighted by Crippen LogP contribution is -2.18. The first-order chi connectivity index (χ1) is 14.4. The number of nitrogens with one attached hydrogen (secondary N) is 1. The summed E-state index contributed by atoms with van der Waals surface area (Å²) < 4.78 is 42.5. The van der Waals surface area contributed by atoms with Gasteiger partial charge < -0.3 is 10.1 Å². The van der Waals surface area contributed by atoms with Crippen LogP contribution < -0.4 is 10.1 Å². The van der Waals surface area contributed by atoms with Crippen LogP contribution in [0, 0.1) is 0 Å². The largest absolute Gasteiger partial charge is 0.573 e. The van der Waals surface area contributed by atoms with E-state index in [-0.39, 0.29) is 5.56 Å². The predicted octanol–water partition coefficient (Wildman–Crippen LogP) is 4.47. The first-order valence-corrected chi connectivity index (χ1v) is 8.92. The van der Waals surface area contributed by atoms with Crippen molar-refractivity contribution < 1.29 is 22.7 Å². The minimum atomic E-state index is -4.83. The average Bonchev–Trinajstić information content (AvgIpc) is 3.09. The van der Waals surface area contributed by atoms with Gasteiger partial charge >= 0.3 is 6.36 Å². The number of alkyl halides is 3. The second-order valence-electron chi connectivity index (χ2n) is 6.44. The Kier molecular flexibility index (Phi) is 5.09. The molecule has 0 radical (unpaired) electrons. The van der Waals surface area contributed by atoms with Gasteiger partial charge in [-0.15, -0.1) is 13.2 Å². The SMILES string of the molecule is O=C(Nc1ccc2nc(Cc3ccccc3)nn2c1)c1cccc(OC(F)(F)F)c1. The molecule has 4 aromatic rings. The number of fused-ring (bicyclic) bond motifs is 1. The van der Waals surface area contributed by atoms with Crippen LogP contribution in [0.3, 0.4) is 0 Å². The molecular formula is C21H15F3N4O2. The normalized spacial score (nSPS) is 11.4. The van der Waals surface area contributed by atoms with E-state index in [1.54, 1.807) is 18.3 Å². The zero-order chi connectivity index (χ0) is 21.1. The van der Waals surface area contributed by atoms with E-state index >= 15 is 0 Å². The van der Waals surface area contributed by atoms with E-state index in [4.69, 9.17) is 0 Å². The van der Waals surface area contributed by atoms with Crippen molar-refractivity contribution in [2.45, 2.75) is 12.8 Å². The Morgan fingerprint density at radius 2 is 1.83 bits per heavy atom. The van der Waals surface area contributed by atoms with E-state index in [1.165, 1.54) is 16.6 Å². The molecule has 0 spiro atoms. The third-order valence-electron chi connectivity index (χ3n) is 4.17. The van der Waals surface area contributed by atoms with Gasteiger partial charge in [0.15, 0.2) is 11.5 Å². The number of rotatable bonds is 5. The molecule has 0 bridgehead atoms. The zero-order valence-corrected chi connectivity index (χ0v) is 15.4. The van der Waals surface area contributed by atoms with Crippen molar-refractivity contribution in [3.8, 4) is 5.75 Å². The van der Waals surface area contributed by atoms with Crippen LogP contribution in [0.2, 0.25) is 0 Å². The summed E-state index contributed by atoms with van der Waals surface area (Å²) >= 11 is 0. The molecule has 1 amide bonds. The molecule has 0 atom stereocenters. The molecule has 152 valence electrons. The first kappa shape index (κ1) is 19.4. The van der Waals surface area contributed by atoms with Gasteiger partial charge in [-0.05, 0) is 35.9 Å². The number of amides is 1. The van der Waals surface area contributed by atoms with Crippen LogP contribution in [0.4, 0.5) is 18.9 Å². The number of carbonyl (C=O) groups is 1. The summed E-state index contributed by atoms with van der Waals surface area (Å²) in [6.07, 6.45) is -2.67. The first-order valence-electron chi connectivity index (χ1n) is 8.92. The van der Waals surface area contributed by atoms with Gasteiger partial charge in [-0.3, -0.25) is 4.79 Å². The van der Waals surface area contributed by atoms with Crippen molar-refractivity contribution >= 4 is 17.2 Å². The number of carbonyl (C=O) groups excluding carboxylic acids is 1. The maximum absolute atomic E-state index is 12.4. The number of halogens is 3. The summed E-state index contributed by atoms with van der Waals surface area (Å²) in [5, 5.41) is 7.05. The molecule has 0 aliphatic carbocycles. The van der Waals surface area contributed by atoms with Gasteiger partial charge in [0.2, 0.25) is 0 Å². The summed E-state index contributed by atoms with van der Waals surface area (Å²) in [6.45, 7) is 0. The summed E-state index contributed by atoms with van der Waals surface area (Å²) in [6, 6.07) is 18.0. The van der Waals surface area contributed by atoms with E-state index in [2.05, 4.69) is 20.1 Å². The Hall–Kier alpha value is -3.88. The Morgan fingerprint density at radius 1 is 1.03 bits per heavy atom. The lowest BCUT2D eigenvalue weighted by Gasteiger charge is -2.10. The van der Waals surface area contributed by atoms with Crippen LogP contribution in [0.25, 0.3) is 5.65 Å². The Balaban J connectivity index is 1.50. The fourth-order valence-corrected chi connectivity index (χ4v) is 2.89. The van der Waals surface area contributed by atoms with E-state index in [1.807, 2.05) is 30.3 Å². The predicted molar refractivity (Wildman–Crippen MR) is 103 cm³/mol. The molecule has 0 saturated carbocycles. The van der Waals surface area contributed by atoms with Crippen LogP contribution in [0.15, 0.2) is 72.9 Å². The highest BCUT2D eigenvalue weighted by Crippen LogP contribution is 2.23. The number of hydrogen-bond acceptors (Lipinski definition) is 4. The van der Waals surface area contributed by atoms with Gasteiger partial charge in [0.25, 0.3) is 5.91 Å². The maximum atomic E-state index is 12.4. The van der Waals surface area contributed by atoms with Crippen LogP contribution in [0.5, 0.6) is 5.75 Å². The van der Waals surface area contributed by atoms with Crippen molar-refractivity contribution in [3.63, 3.8) is 0 Å². The van der Waals surface area contributed by atoms with Crippen molar-refractivity contribution in [1.29, 1.82) is 0 Å². The molecule has 1 N–H and O–H groups in total. The lowest BCUT2D eigenvalue weighted by atomic mass is 10.1. The number of pyridine rings is 1. The fourth-order valence-electron chi connectivity index (χ4n) is 2.89. The molecule has 2 aromatic heterocycles. The maximum Gasteiger partial charge on any atom is 0.573 e. The smallest absolute Gasteiger partial charge is 0.406 e. The third kappa shape index (κ3) is 4.75. The highest BCUT2D eigenvalue weighted by atomic mass is 19.4. The number of ether oxygens (including phenoxy) is 1. The van der Waals surface area contributed by atoms with Crippen LogP contribution in [-0.4, -0.2) is 26.9 Å². The number of nitrogens with zero attached hydrogens (tertiary/aromatic N) is 3. The molecule has 2 heterocycles. The molecular weight excluding hydrogens is 397 g/mol. The molecule has 0 fully saturated rings. The van der Waals surface area contributed by atoms with E-state index in [0.717, 1.165) is 17.7 Å². The number of anilines is 1. The number of benzene rings is 2. The van der Waals surface area contributed by atoms with Crippen molar-refractivity contribution in [2.24, 2.45) is 0 Å². The third-order valence-corrected chi connectivity index (χ3v) is 4.17. The van der Waals surface area contributed by atoms with Crippen LogP contribution in [-0.2, 0) is 6.42 Å². The molecule has 4 rings (SSSR count). The van der Waals surface area contributed by atoms with Crippen molar-refractivity contribution in [1.82, 2.24) is 14.6 Å². The second kappa shape index (κ2) is 7.86. The fraction of sp³-hybridized carbons (Fsp3) is 0.0952. The van der Waals surface area contributed by atoms with Gasteiger partial charge in [-0.25, -0.2) is 9.50 Å². The number of hydrogen-bond donors (Lipinski definition) is 1. The van der Waals surface area contributed by atoms with Gasteiger partial charge in [0.1, 0.15) is 5.75 Å². The summed E-state index contributed by atoms with van der Waals surface area (Å²) in [7, 11) is 0. The van der Waals surface area contributed by atoms with Crippen molar-refractivity contribution in [2.75, 3.05) is 5.32 Å². The molecule has 0 saturated heterocycles. The number of aromatic nitrogens is 3. The van der Waals surface area contributed by atoms with Gasteiger partial charge in [-0.1, -0.05) is 36.4 Å². The summed E-state index contributed by atoms with van der Waals surface area (Å²) in [4.78, 5) is 16.9. The Labute approximate surface area is 168 Å². The molecule has 0 aliphatic rings. The van der Waals surface area contributed by atoms with E-state index in [0.29, 0.717) is 23.6 Å². The Morgan fingerprint density at radius 3 is 2.60 bits per heavy atom. The molecule has 0 unspecified atom stereocenters. The van der Waals surface area contributed by atoms with Crippen LogP contribution >= 0.6 is 0 Å². The summed E-state index contributed by atoms with van der Waals surface area (Å²) in [5.74, 6) is -0.416. The average molecular weight is 412 g/mol. The van der Waals surface area contributed by atoms with Crippen molar-refractivity contribution in [3.05, 3.63) is 89.9 Å². The monoisotopic (exact) mass is 412 g/mol. The van der Waals surface area contributed by atoms with Gasteiger partial charge in [0, 0.05) is 12.0 Å². The summed E-state index contributed by atoms with van der Waals surface area (Å²) in [5.41, 5.74) is 2.13. The van der Waals surface area contributed by atoms with Gasteiger partial charge in [0.05, 0.1) is 11.9 Å². The highest BCUT2D eigenvalue weighted by Gasteiger charge is 2.31. The Bertz CT molecular complexity index is 1190. The lowest BCUT2D eigenvalue weighted by molar-refractivity contribution is -0.274. The molecule has 30 heavy (non-hydrogen) atoms. The molecule has 0 aliphatic heterocycles.